The second-order valence-electron chi connectivity index (χ2n) is 4.33. The Labute approximate surface area is 117 Å². The fourth-order valence-electron chi connectivity index (χ4n) is 2.27. The van der Waals surface area contributed by atoms with Crippen LogP contribution < -0.4 is 4.90 Å². The quantitative estimate of drug-likeness (QED) is 0.726. The minimum absolute atomic E-state index is 0.801. The molecule has 0 saturated heterocycles. The second kappa shape index (κ2) is 4.87. The largest absolute Gasteiger partial charge is 0.340 e. The van der Waals surface area contributed by atoms with Crippen LogP contribution in [0.25, 0.3) is 0 Å². The summed E-state index contributed by atoms with van der Waals surface area (Å²) in [5.41, 5.74) is 2.52. The molecule has 2 aromatic rings. The Morgan fingerprint density at radius 1 is 1.06 bits per heavy atom. The van der Waals surface area contributed by atoms with Crippen molar-refractivity contribution in [3.8, 4) is 0 Å². The molecule has 92 valence electrons. The summed E-state index contributed by atoms with van der Waals surface area (Å²) in [4.78, 5) is 4.97. The van der Waals surface area contributed by atoms with Gasteiger partial charge in [-0.1, -0.05) is 42.4 Å². The predicted octanol–water partition coefficient (Wildman–Crippen LogP) is 5.35. The maximum atomic E-state index is 6.13. The molecule has 1 heterocycles. The molecular formula is C15H14ClNS. The monoisotopic (exact) mass is 275 g/mol. The summed E-state index contributed by atoms with van der Waals surface area (Å²) < 4.78 is 0. The first kappa shape index (κ1) is 11.9. The van der Waals surface area contributed by atoms with Gasteiger partial charge in [-0.3, -0.25) is 0 Å². The molecule has 2 aromatic carbocycles. The highest BCUT2D eigenvalue weighted by atomic mass is 35.5. The second-order valence-corrected chi connectivity index (χ2v) is 5.85. The molecule has 0 fully saturated rings. The zero-order valence-electron chi connectivity index (χ0n) is 10.2. The van der Waals surface area contributed by atoms with E-state index < -0.39 is 0 Å². The lowest BCUT2D eigenvalue weighted by Gasteiger charge is -2.32. The highest BCUT2D eigenvalue weighted by Gasteiger charge is 2.22. The summed E-state index contributed by atoms with van der Waals surface area (Å²) in [6, 6.07) is 14.7. The Balaban J connectivity index is 2.15. The number of benzene rings is 2. The van der Waals surface area contributed by atoms with Gasteiger partial charge in [-0.05, 0) is 36.8 Å². The Bertz CT molecular complexity index is 582. The highest BCUT2D eigenvalue weighted by molar-refractivity contribution is 7.99. The maximum Gasteiger partial charge on any atom is 0.0567 e. The average Bonchev–Trinajstić information content (AvgIpc) is 2.39. The average molecular weight is 276 g/mol. The van der Waals surface area contributed by atoms with Crippen LogP contribution in [0.2, 0.25) is 5.02 Å². The van der Waals surface area contributed by atoms with E-state index in [1.165, 1.54) is 21.2 Å². The number of hydrogen-bond donors (Lipinski definition) is 0. The van der Waals surface area contributed by atoms with Gasteiger partial charge in [0.2, 0.25) is 0 Å². The molecule has 0 spiro atoms. The van der Waals surface area contributed by atoms with Crippen LogP contribution in [0.1, 0.15) is 13.3 Å². The molecule has 18 heavy (non-hydrogen) atoms. The van der Waals surface area contributed by atoms with E-state index >= 15 is 0 Å². The number of para-hydroxylation sites is 1. The van der Waals surface area contributed by atoms with Crippen LogP contribution >= 0.6 is 23.4 Å². The van der Waals surface area contributed by atoms with E-state index in [9.17, 15) is 0 Å². The number of anilines is 2. The lowest BCUT2D eigenvalue weighted by atomic mass is 10.2. The van der Waals surface area contributed by atoms with Crippen LogP contribution in [0, 0.1) is 0 Å². The molecule has 0 aromatic heterocycles. The van der Waals surface area contributed by atoms with Gasteiger partial charge in [0.1, 0.15) is 0 Å². The van der Waals surface area contributed by atoms with E-state index in [1.807, 2.05) is 17.8 Å². The van der Waals surface area contributed by atoms with E-state index in [0.717, 1.165) is 18.0 Å². The van der Waals surface area contributed by atoms with Gasteiger partial charge in [0.25, 0.3) is 0 Å². The van der Waals surface area contributed by atoms with Crippen molar-refractivity contribution >= 4 is 34.7 Å². The van der Waals surface area contributed by atoms with E-state index in [2.05, 4.69) is 48.2 Å². The van der Waals surface area contributed by atoms with Gasteiger partial charge in [0.15, 0.2) is 0 Å². The van der Waals surface area contributed by atoms with Gasteiger partial charge in [0, 0.05) is 21.4 Å². The summed E-state index contributed by atoms with van der Waals surface area (Å²) in [7, 11) is 0. The molecule has 1 nitrogen and oxygen atoms in total. The van der Waals surface area contributed by atoms with Gasteiger partial charge in [-0.25, -0.2) is 0 Å². The van der Waals surface area contributed by atoms with Crippen LogP contribution in [0.5, 0.6) is 0 Å². The van der Waals surface area contributed by atoms with Gasteiger partial charge >= 0.3 is 0 Å². The molecule has 0 bridgehead atoms. The third-order valence-electron chi connectivity index (χ3n) is 3.03. The van der Waals surface area contributed by atoms with Crippen LogP contribution in [0.3, 0.4) is 0 Å². The molecule has 0 aliphatic carbocycles. The van der Waals surface area contributed by atoms with Crippen LogP contribution in [0.4, 0.5) is 11.4 Å². The molecule has 0 atom stereocenters. The van der Waals surface area contributed by atoms with Crippen molar-refractivity contribution in [2.75, 3.05) is 11.4 Å². The highest BCUT2D eigenvalue weighted by Crippen LogP contribution is 2.48. The molecule has 1 aliphatic heterocycles. The molecule has 0 saturated carbocycles. The fourth-order valence-corrected chi connectivity index (χ4v) is 3.51. The van der Waals surface area contributed by atoms with Gasteiger partial charge in [-0.2, -0.15) is 0 Å². The van der Waals surface area contributed by atoms with Crippen molar-refractivity contribution in [3.63, 3.8) is 0 Å². The SMILES string of the molecule is CCCN1c2ccccc2Sc2ccc(Cl)cc21. The summed E-state index contributed by atoms with van der Waals surface area (Å²) in [5, 5.41) is 0.801. The fraction of sp³-hybridized carbons (Fsp3) is 0.200. The van der Waals surface area contributed by atoms with E-state index in [-0.39, 0.29) is 0 Å². The van der Waals surface area contributed by atoms with Crippen LogP contribution in [0.15, 0.2) is 52.3 Å². The zero-order valence-corrected chi connectivity index (χ0v) is 11.8. The number of nitrogens with zero attached hydrogens (tertiary/aromatic N) is 1. The molecule has 3 heteroatoms. The van der Waals surface area contributed by atoms with Crippen molar-refractivity contribution in [2.45, 2.75) is 23.1 Å². The molecule has 0 amide bonds. The number of fused-ring (bicyclic) bond motifs is 2. The van der Waals surface area contributed by atoms with E-state index in [4.69, 9.17) is 11.6 Å². The number of halogens is 1. The zero-order chi connectivity index (χ0) is 12.5. The van der Waals surface area contributed by atoms with E-state index in [0.29, 0.717) is 0 Å². The summed E-state index contributed by atoms with van der Waals surface area (Å²) in [6.45, 7) is 3.22. The van der Waals surface area contributed by atoms with Crippen molar-refractivity contribution in [1.82, 2.24) is 0 Å². The van der Waals surface area contributed by atoms with Gasteiger partial charge in [-0.15, -0.1) is 0 Å². The topological polar surface area (TPSA) is 3.24 Å². The van der Waals surface area contributed by atoms with Crippen molar-refractivity contribution < 1.29 is 0 Å². The number of rotatable bonds is 2. The van der Waals surface area contributed by atoms with Crippen LogP contribution in [-0.4, -0.2) is 6.54 Å². The van der Waals surface area contributed by atoms with Crippen molar-refractivity contribution in [3.05, 3.63) is 47.5 Å². The molecule has 1 aliphatic rings. The molecular weight excluding hydrogens is 262 g/mol. The Hall–Kier alpha value is -1.12. The minimum Gasteiger partial charge on any atom is -0.340 e. The summed E-state index contributed by atoms with van der Waals surface area (Å²) in [5.74, 6) is 0. The van der Waals surface area contributed by atoms with E-state index in [1.54, 1.807) is 0 Å². The van der Waals surface area contributed by atoms with Crippen molar-refractivity contribution in [2.24, 2.45) is 0 Å². The van der Waals surface area contributed by atoms with Crippen molar-refractivity contribution in [1.29, 1.82) is 0 Å². The third kappa shape index (κ3) is 2.00. The van der Waals surface area contributed by atoms with Gasteiger partial charge < -0.3 is 4.90 Å². The molecule has 0 unspecified atom stereocenters. The predicted molar refractivity (Wildman–Crippen MR) is 79.3 cm³/mol. The first-order valence-electron chi connectivity index (χ1n) is 6.13. The summed E-state index contributed by atoms with van der Waals surface area (Å²) in [6.07, 6.45) is 1.12. The Kier molecular flexibility index (Phi) is 3.23. The maximum absolute atomic E-state index is 6.13. The smallest absolute Gasteiger partial charge is 0.0567 e. The third-order valence-corrected chi connectivity index (χ3v) is 4.40. The Morgan fingerprint density at radius 3 is 2.67 bits per heavy atom. The Morgan fingerprint density at radius 2 is 1.83 bits per heavy atom. The lowest BCUT2D eigenvalue weighted by molar-refractivity contribution is 0.866. The minimum atomic E-state index is 0.801. The number of hydrogen-bond acceptors (Lipinski definition) is 2. The normalized spacial score (nSPS) is 13.1. The van der Waals surface area contributed by atoms with Gasteiger partial charge in [0.05, 0.1) is 11.4 Å². The van der Waals surface area contributed by atoms with Crippen LogP contribution in [-0.2, 0) is 0 Å². The molecule has 0 N–H and O–H groups in total. The first-order chi connectivity index (χ1) is 8.79. The summed E-state index contributed by atoms with van der Waals surface area (Å²) >= 11 is 7.95. The standard InChI is InChI=1S/C15H14ClNS/c1-2-9-17-12-5-3-4-6-14(12)18-15-8-7-11(16)10-13(15)17/h3-8,10H,2,9H2,1H3. The first-order valence-corrected chi connectivity index (χ1v) is 7.33. The molecule has 3 rings (SSSR count). The molecule has 0 radical (unpaired) electrons. The lowest BCUT2D eigenvalue weighted by Crippen LogP contribution is -2.21.